The zero-order valence-electron chi connectivity index (χ0n) is 13.2. The van der Waals surface area contributed by atoms with Crippen molar-refractivity contribution in [3.8, 4) is 5.75 Å². The molecule has 0 spiro atoms. The van der Waals surface area contributed by atoms with Gasteiger partial charge in [-0.3, -0.25) is 4.79 Å². The van der Waals surface area contributed by atoms with Crippen LogP contribution < -0.4 is 10.1 Å². The molecule has 0 aliphatic carbocycles. The van der Waals surface area contributed by atoms with E-state index in [0.29, 0.717) is 18.9 Å². The summed E-state index contributed by atoms with van der Waals surface area (Å²) in [7, 11) is 0. The first kappa shape index (κ1) is 16.5. The third-order valence-electron chi connectivity index (χ3n) is 3.66. The third kappa shape index (κ3) is 5.64. The molecular weight excluding hydrogens is 250 g/mol. The second kappa shape index (κ2) is 8.62. The zero-order valence-corrected chi connectivity index (χ0v) is 13.2. The van der Waals surface area contributed by atoms with Crippen LogP contribution in [-0.4, -0.2) is 19.1 Å². The SMILES string of the molecule is CCC(CC)CNC(=O)CCOc1ccc(C)cc1C. The van der Waals surface area contributed by atoms with E-state index in [9.17, 15) is 4.79 Å². The first-order valence-corrected chi connectivity index (χ1v) is 7.53. The van der Waals surface area contributed by atoms with Gasteiger partial charge in [0.15, 0.2) is 0 Å². The van der Waals surface area contributed by atoms with Crippen LogP contribution in [0, 0.1) is 19.8 Å². The van der Waals surface area contributed by atoms with E-state index >= 15 is 0 Å². The molecule has 0 saturated carbocycles. The van der Waals surface area contributed by atoms with E-state index in [1.807, 2.05) is 19.1 Å². The molecule has 1 aromatic carbocycles. The summed E-state index contributed by atoms with van der Waals surface area (Å²) in [6.45, 7) is 9.60. The molecule has 0 aliphatic heterocycles. The quantitative estimate of drug-likeness (QED) is 0.788. The van der Waals surface area contributed by atoms with Crippen molar-refractivity contribution in [2.75, 3.05) is 13.2 Å². The predicted octanol–water partition coefficient (Wildman–Crippen LogP) is 3.62. The molecular formula is C17H27NO2. The van der Waals surface area contributed by atoms with Crippen LogP contribution in [-0.2, 0) is 4.79 Å². The van der Waals surface area contributed by atoms with Gasteiger partial charge in [-0.25, -0.2) is 0 Å². The molecule has 1 aromatic rings. The van der Waals surface area contributed by atoms with Gasteiger partial charge < -0.3 is 10.1 Å². The Labute approximate surface area is 122 Å². The van der Waals surface area contributed by atoms with Crippen molar-refractivity contribution in [1.29, 1.82) is 0 Å². The van der Waals surface area contributed by atoms with Gasteiger partial charge >= 0.3 is 0 Å². The summed E-state index contributed by atoms with van der Waals surface area (Å²) in [6, 6.07) is 6.07. The van der Waals surface area contributed by atoms with Gasteiger partial charge in [0, 0.05) is 6.54 Å². The van der Waals surface area contributed by atoms with Gasteiger partial charge in [0.25, 0.3) is 0 Å². The highest BCUT2D eigenvalue weighted by Crippen LogP contribution is 2.18. The summed E-state index contributed by atoms with van der Waals surface area (Å²) in [6.07, 6.45) is 2.62. The Balaban J connectivity index is 2.28. The predicted molar refractivity (Wildman–Crippen MR) is 83.1 cm³/mol. The van der Waals surface area contributed by atoms with Gasteiger partial charge in [-0.2, -0.15) is 0 Å². The number of rotatable bonds is 8. The van der Waals surface area contributed by atoms with E-state index in [4.69, 9.17) is 4.74 Å². The summed E-state index contributed by atoms with van der Waals surface area (Å²) in [4.78, 5) is 11.7. The molecule has 1 N–H and O–H groups in total. The maximum atomic E-state index is 11.7. The number of nitrogens with one attached hydrogen (secondary N) is 1. The van der Waals surface area contributed by atoms with Crippen molar-refractivity contribution >= 4 is 5.91 Å². The highest BCUT2D eigenvalue weighted by atomic mass is 16.5. The summed E-state index contributed by atoms with van der Waals surface area (Å²) in [5.41, 5.74) is 2.33. The smallest absolute Gasteiger partial charge is 0.223 e. The van der Waals surface area contributed by atoms with Crippen LogP contribution in [0.25, 0.3) is 0 Å². The highest BCUT2D eigenvalue weighted by molar-refractivity contribution is 5.75. The van der Waals surface area contributed by atoms with Crippen molar-refractivity contribution in [1.82, 2.24) is 5.32 Å². The van der Waals surface area contributed by atoms with Gasteiger partial charge in [0.05, 0.1) is 13.0 Å². The molecule has 0 atom stereocenters. The molecule has 3 heteroatoms. The van der Waals surface area contributed by atoms with Crippen LogP contribution in [0.15, 0.2) is 18.2 Å². The monoisotopic (exact) mass is 277 g/mol. The Bertz CT molecular complexity index is 425. The Morgan fingerprint density at radius 3 is 2.55 bits per heavy atom. The van der Waals surface area contributed by atoms with Crippen molar-refractivity contribution < 1.29 is 9.53 Å². The minimum atomic E-state index is 0.0710. The second-order valence-corrected chi connectivity index (χ2v) is 5.35. The largest absolute Gasteiger partial charge is 0.493 e. The summed E-state index contributed by atoms with van der Waals surface area (Å²) in [5, 5.41) is 2.98. The summed E-state index contributed by atoms with van der Waals surface area (Å²) < 4.78 is 5.66. The molecule has 0 radical (unpaired) electrons. The maximum absolute atomic E-state index is 11.7. The number of hydrogen-bond acceptors (Lipinski definition) is 2. The molecule has 0 aromatic heterocycles. The number of amides is 1. The molecule has 0 saturated heterocycles. The van der Waals surface area contributed by atoms with Crippen LogP contribution in [0.4, 0.5) is 0 Å². The Morgan fingerprint density at radius 2 is 1.95 bits per heavy atom. The standard InChI is InChI=1S/C17H27NO2/c1-5-15(6-2)12-18-17(19)9-10-20-16-8-7-13(3)11-14(16)4/h7-8,11,15H,5-6,9-10,12H2,1-4H3,(H,18,19). The van der Waals surface area contributed by atoms with Crippen LogP contribution >= 0.6 is 0 Å². The van der Waals surface area contributed by atoms with Gasteiger partial charge in [-0.05, 0) is 31.4 Å². The normalized spacial score (nSPS) is 10.7. The van der Waals surface area contributed by atoms with Crippen molar-refractivity contribution in [3.63, 3.8) is 0 Å². The van der Waals surface area contributed by atoms with Crippen molar-refractivity contribution in [2.45, 2.75) is 47.0 Å². The lowest BCUT2D eigenvalue weighted by Gasteiger charge is -2.14. The number of aryl methyl sites for hydroxylation is 2. The Morgan fingerprint density at radius 1 is 1.25 bits per heavy atom. The fourth-order valence-electron chi connectivity index (χ4n) is 2.14. The molecule has 0 unspecified atom stereocenters. The van der Waals surface area contributed by atoms with E-state index in [0.717, 1.165) is 30.7 Å². The third-order valence-corrected chi connectivity index (χ3v) is 3.66. The summed E-state index contributed by atoms with van der Waals surface area (Å²) >= 11 is 0. The molecule has 20 heavy (non-hydrogen) atoms. The molecule has 0 fully saturated rings. The number of benzene rings is 1. The fraction of sp³-hybridized carbons (Fsp3) is 0.588. The van der Waals surface area contributed by atoms with E-state index in [1.54, 1.807) is 0 Å². The molecule has 0 bridgehead atoms. The average molecular weight is 277 g/mol. The first-order valence-electron chi connectivity index (χ1n) is 7.53. The minimum Gasteiger partial charge on any atom is -0.493 e. The Kier molecular flexibility index (Phi) is 7.13. The van der Waals surface area contributed by atoms with E-state index < -0.39 is 0 Å². The molecule has 1 rings (SSSR count). The van der Waals surface area contributed by atoms with Crippen LogP contribution in [0.5, 0.6) is 5.75 Å². The minimum absolute atomic E-state index is 0.0710. The number of carbonyl (C=O) groups is 1. The number of ether oxygens (including phenoxy) is 1. The molecule has 112 valence electrons. The van der Waals surface area contributed by atoms with E-state index in [1.165, 1.54) is 5.56 Å². The van der Waals surface area contributed by atoms with Crippen molar-refractivity contribution in [3.05, 3.63) is 29.3 Å². The lowest BCUT2D eigenvalue weighted by atomic mass is 10.0. The average Bonchev–Trinajstić information content (AvgIpc) is 2.42. The lowest BCUT2D eigenvalue weighted by molar-refractivity contribution is -0.121. The molecule has 3 nitrogen and oxygen atoms in total. The Hall–Kier alpha value is -1.51. The molecule has 0 aliphatic rings. The highest BCUT2D eigenvalue weighted by Gasteiger charge is 2.07. The molecule has 1 amide bonds. The number of hydrogen-bond donors (Lipinski definition) is 1. The van der Waals surface area contributed by atoms with E-state index in [-0.39, 0.29) is 5.91 Å². The van der Waals surface area contributed by atoms with Crippen molar-refractivity contribution in [2.24, 2.45) is 5.92 Å². The fourth-order valence-corrected chi connectivity index (χ4v) is 2.14. The van der Waals surface area contributed by atoms with Gasteiger partial charge in [-0.1, -0.05) is 44.4 Å². The second-order valence-electron chi connectivity index (χ2n) is 5.35. The summed E-state index contributed by atoms with van der Waals surface area (Å²) in [5.74, 6) is 1.52. The topological polar surface area (TPSA) is 38.3 Å². The van der Waals surface area contributed by atoms with Gasteiger partial charge in [-0.15, -0.1) is 0 Å². The number of carbonyl (C=O) groups excluding carboxylic acids is 1. The van der Waals surface area contributed by atoms with Gasteiger partial charge in [0.2, 0.25) is 5.91 Å². The van der Waals surface area contributed by atoms with Crippen LogP contribution in [0.1, 0.15) is 44.2 Å². The zero-order chi connectivity index (χ0) is 15.0. The van der Waals surface area contributed by atoms with E-state index in [2.05, 4.69) is 32.2 Å². The first-order chi connectivity index (χ1) is 9.56. The lowest BCUT2D eigenvalue weighted by Crippen LogP contribution is -2.29. The molecule has 0 heterocycles. The maximum Gasteiger partial charge on any atom is 0.223 e. The van der Waals surface area contributed by atoms with Crippen LogP contribution in [0.3, 0.4) is 0 Å². The van der Waals surface area contributed by atoms with Crippen LogP contribution in [0.2, 0.25) is 0 Å². The van der Waals surface area contributed by atoms with Gasteiger partial charge in [0.1, 0.15) is 5.75 Å².